The van der Waals surface area contributed by atoms with Gasteiger partial charge < -0.3 is 5.32 Å². The minimum atomic E-state index is 0.164. The third kappa shape index (κ3) is 2.72. The molecule has 1 aliphatic heterocycles. The summed E-state index contributed by atoms with van der Waals surface area (Å²) >= 11 is 0. The van der Waals surface area contributed by atoms with Crippen molar-refractivity contribution in [3.05, 3.63) is 11.9 Å². The molecule has 0 bridgehead atoms. The van der Waals surface area contributed by atoms with Gasteiger partial charge in [0.1, 0.15) is 0 Å². The lowest BCUT2D eigenvalue weighted by Crippen LogP contribution is -2.66. The van der Waals surface area contributed by atoms with Crippen LogP contribution in [-0.2, 0) is 13.6 Å². The SMILES string of the molecule is CCC1(C)CNC(C)(C)CN1Cc1cn(C)nn1. The molecule has 1 aromatic heterocycles. The topological polar surface area (TPSA) is 46.0 Å². The fourth-order valence-electron chi connectivity index (χ4n) is 2.52. The predicted molar refractivity (Wildman–Crippen MR) is 72.2 cm³/mol. The molecule has 0 aliphatic carbocycles. The summed E-state index contributed by atoms with van der Waals surface area (Å²) in [5.41, 5.74) is 1.42. The lowest BCUT2D eigenvalue weighted by Gasteiger charge is -2.51. The first-order valence-corrected chi connectivity index (χ1v) is 6.70. The molecule has 2 heterocycles. The Labute approximate surface area is 110 Å². The Hall–Kier alpha value is -0.940. The molecule has 1 aliphatic rings. The molecule has 0 saturated carbocycles. The molecule has 1 fully saturated rings. The molecule has 0 aromatic carbocycles. The zero-order chi connectivity index (χ0) is 13.4. The summed E-state index contributed by atoms with van der Waals surface area (Å²) in [5.74, 6) is 0. The summed E-state index contributed by atoms with van der Waals surface area (Å²) in [7, 11) is 1.91. The first-order valence-electron chi connectivity index (χ1n) is 6.70. The lowest BCUT2D eigenvalue weighted by molar-refractivity contribution is 0.0165. The van der Waals surface area contributed by atoms with E-state index in [9.17, 15) is 0 Å². The van der Waals surface area contributed by atoms with Crippen LogP contribution in [0.25, 0.3) is 0 Å². The van der Waals surface area contributed by atoms with Crippen molar-refractivity contribution in [2.24, 2.45) is 7.05 Å². The summed E-state index contributed by atoms with van der Waals surface area (Å²) in [6, 6.07) is 0. The van der Waals surface area contributed by atoms with Crippen molar-refractivity contribution in [3.63, 3.8) is 0 Å². The van der Waals surface area contributed by atoms with Gasteiger partial charge in [-0.15, -0.1) is 5.10 Å². The van der Waals surface area contributed by atoms with Crippen molar-refractivity contribution >= 4 is 0 Å². The first-order chi connectivity index (χ1) is 8.35. The molecular weight excluding hydrogens is 226 g/mol. The van der Waals surface area contributed by atoms with Gasteiger partial charge in [-0.05, 0) is 27.2 Å². The highest BCUT2D eigenvalue weighted by atomic mass is 15.4. The maximum atomic E-state index is 4.21. The molecule has 5 nitrogen and oxygen atoms in total. The van der Waals surface area contributed by atoms with E-state index < -0.39 is 0 Å². The van der Waals surface area contributed by atoms with Crippen LogP contribution in [0.4, 0.5) is 0 Å². The maximum absolute atomic E-state index is 4.21. The average molecular weight is 251 g/mol. The van der Waals surface area contributed by atoms with Crippen LogP contribution >= 0.6 is 0 Å². The van der Waals surface area contributed by atoms with Gasteiger partial charge in [-0.1, -0.05) is 12.1 Å². The second kappa shape index (κ2) is 4.63. The monoisotopic (exact) mass is 251 g/mol. The van der Waals surface area contributed by atoms with Gasteiger partial charge in [0.05, 0.1) is 5.69 Å². The Kier molecular flexibility index (Phi) is 3.47. The quantitative estimate of drug-likeness (QED) is 0.876. The van der Waals surface area contributed by atoms with Crippen molar-refractivity contribution in [3.8, 4) is 0 Å². The molecule has 5 heteroatoms. The highest BCUT2D eigenvalue weighted by Gasteiger charge is 2.39. The molecule has 1 aromatic rings. The smallest absolute Gasteiger partial charge is 0.0967 e. The van der Waals surface area contributed by atoms with Crippen molar-refractivity contribution in [1.29, 1.82) is 0 Å². The molecular formula is C13H25N5. The molecule has 18 heavy (non-hydrogen) atoms. The lowest BCUT2D eigenvalue weighted by atomic mass is 9.88. The van der Waals surface area contributed by atoms with Crippen LogP contribution < -0.4 is 5.32 Å². The Morgan fingerprint density at radius 2 is 2.11 bits per heavy atom. The summed E-state index contributed by atoms with van der Waals surface area (Å²) in [4.78, 5) is 2.54. The second-order valence-electron chi connectivity index (χ2n) is 6.33. The molecule has 1 N–H and O–H groups in total. The number of piperazine rings is 1. The van der Waals surface area contributed by atoms with Crippen LogP contribution in [0.1, 0.15) is 39.8 Å². The normalized spacial score (nSPS) is 28.5. The molecule has 102 valence electrons. The molecule has 1 saturated heterocycles. The molecule has 2 rings (SSSR count). The number of hydrogen-bond donors (Lipinski definition) is 1. The van der Waals surface area contributed by atoms with Crippen molar-refractivity contribution in [1.82, 2.24) is 25.2 Å². The largest absolute Gasteiger partial charge is 0.309 e. The third-order valence-corrected chi connectivity index (χ3v) is 4.06. The van der Waals surface area contributed by atoms with E-state index in [2.05, 4.69) is 48.2 Å². The number of nitrogens with one attached hydrogen (secondary N) is 1. The molecule has 0 amide bonds. The summed E-state index contributed by atoms with van der Waals surface area (Å²) in [5, 5.41) is 11.9. The fraction of sp³-hybridized carbons (Fsp3) is 0.846. The number of hydrogen-bond acceptors (Lipinski definition) is 4. The molecule has 1 unspecified atom stereocenters. The van der Waals surface area contributed by atoms with Gasteiger partial charge in [-0.3, -0.25) is 9.58 Å². The van der Waals surface area contributed by atoms with Crippen molar-refractivity contribution in [2.45, 2.75) is 51.7 Å². The van der Waals surface area contributed by atoms with Gasteiger partial charge in [-0.25, -0.2) is 0 Å². The molecule has 1 atom stereocenters. The minimum absolute atomic E-state index is 0.164. The van der Waals surface area contributed by atoms with E-state index in [0.29, 0.717) is 0 Å². The van der Waals surface area contributed by atoms with E-state index >= 15 is 0 Å². The van der Waals surface area contributed by atoms with Crippen LogP contribution in [0, 0.1) is 0 Å². The zero-order valence-electron chi connectivity index (χ0n) is 12.2. The van der Waals surface area contributed by atoms with Gasteiger partial charge >= 0.3 is 0 Å². The van der Waals surface area contributed by atoms with E-state index in [-0.39, 0.29) is 11.1 Å². The predicted octanol–water partition coefficient (Wildman–Crippen LogP) is 1.17. The van der Waals surface area contributed by atoms with Crippen LogP contribution in [0.5, 0.6) is 0 Å². The summed E-state index contributed by atoms with van der Waals surface area (Å²) in [6.45, 7) is 12.0. The Morgan fingerprint density at radius 3 is 2.67 bits per heavy atom. The van der Waals surface area contributed by atoms with Crippen molar-refractivity contribution < 1.29 is 0 Å². The number of aromatic nitrogens is 3. The van der Waals surface area contributed by atoms with Gasteiger partial charge in [0.2, 0.25) is 0 Å². The average Bonchev–Trinajstić information content (AvgIpc) is 2.70. The van der Waals surface area contributed by atoms with E-state index in [4.69, 9.17) is 0 Å². The maximum Gasteiger partial charge on any atom is 0.0967 e. The van der Waals surface area contributed by atoms with Crippen LogP contribution in [0.15, 0.2) is 6.20 Å². The van der Waals surface area contributed by atoms with E-state index in [1.165, 1.54) is 0 Å². The standard InChI is InChI=1S/C13H25N5/c1-6-13(4)9-14-12(2,3)10-18(13)8-11-7-17(5)16-15-11/h7,14H,6,8-10H2,1-5H3. The minimum Gasteiger partial charge on any atom is -0.309 e. The van der Waals surface area contributed by atoms with E-state index in [1.54, 1.807) is 4.68 Å². The van der Waals surface area contributed by atoms with Crippen LogP contribution in [0.2, 0.25) is 0 Å². The number of rotatable bonds is 3. The Balaban J connectivity index is 2.15. The first kappa shape index (κ1) is 13.5. The van der Waals surface area contributed by atoms with Crippen LogP contribution in [-0.4, -0.2) is 44.1 Å². The van der Waals surface area contributed by atoms with E-state index in [1.807, 2.05) is 13.2 Å². The highest BCUT2D eigenvalue weighted by molar-refractivity contribution is 5.02. The number of aryl methyl sites for hydroxylation is 1. The highest BCUT2D eigenvalue weighted by Crippen LogP contribution is 2.27. The molecule has 0 spiro atoms. The zero-order valence-corrected chi connectivity index (χ0v) is 12.2. The van der Waals surface area contributed by atoms with Gasteiger partial charge in [-0.2, -0.15) is 0 Å². The van der Waals surface area contributed by atoms with Gasteiger partial charge in [0.15, 0.2) is 0 Å². The van der Waals surface area contributed by atoms with Crippen LogP contribution in [0.3, 0.4) is 0 Å². The summed E-state index contributed by atoms with van der Waals surface area (Å²) < 4.78 is 1.77. The summed E-state index contributed by atoms with van der Waals surface area (Å²) in [6.07, 6.45) is 3.14. The van der Waals surface area contributed by atoms with Crippen molar-refractivity contribution in [2.75, 3.05) is 13.1 Å². The Bertz CT molecular complexity index is 411. The van der Waals surface area contributed by atoms with Gasteiger partial charge in [0.25, 0.3) is 0 Å². The second-order valence-corrected chi connectivity index (χ2v) is 6.33. The number of nitrogens with zero attached hydrogens (tertiary/aromatic N) is 4. The fourth-order valence-corrected chi connectivity index (χ4v) is 2.52. The third-order valence-electron chi connectivity index (χ3n) is 4.06. The molecule has 0 radical (unpaired) electrons. The van der Waals surface area contributed by atoms with Gasteiger partial charge in [0, 0.05) is 44.0 Å². The van der Waals surface area contributed by atoms with E-state index in [0.717, 1.165) is 31.7 Å². The Morgan fingerprint density at radius 1 is 1.39 bits per heavy atom.